The molecule has 1 saturated carbocycles. The molecule has 0 amide bonds. The average molecular weight is 153 g/mol. The molecule has 0 N–H and O–H groups in total. The smallest absolute Gasteiger partial charge is 0.0214 e. The van der Waals surface area contributed by atoms with E-state index in [-0.39, 0.29) is 0 Å². The summed E-state index contributed by atoms with van der Waals surface area (Å²) < 4.78 is 0. The van der Waals surface area contributed by atoms with Crippen molar-refractivity contribution in [3.8, 4) is 0 Å². The minimum Gasteiger partial charge on any atom is -0.295 e. The zero-order valence-corrected chi connectivity index (χ0v) is 7.98. The first-order chi connectivity index (χ1) is 5.13. The van der Waals surface area contributed by atoms with Gasteiger partial charge in [-0.05, 0) is 46.1 Å². The van der Waals surface area contributed by atoms with E-state index in [2.05, 4.69) is 25.8 Å². The first-order valence-electron chi connectivity index (χ1n) is 4.87. The van der Waals surface area contributed by atoms with Crippen molar-refractivity contribution < 1.29 is 0 Å². The van der Waals surface area contributed by atoms with E-state index >= 15 is 0 Å². The molecule has 0 bridgehead atoms. The van der Waals surface area contributed by atoms with Crippen LogP contribution in [0.4, 0.5) is 0 Å². The Morgan fingerprint density at radius 1 is 1.18 bits per heavy atom. The minimum atomic E-state index is 0.524. The fraction of sp³-hybridized carbons (Fsp3) is 1.00. The van der Waals surface area contributed by atoms with Crippen molar-refractivity contribution in [2.75, 3.05) is 7.05 Å². The Hall–Kier alpha value is -0.0400. The van der Waals surface area contributed by atoms with Gasteiger partial charge in [0.25, 0.3) is 0 Å². The molecule has 0 radical (unpaired) electrons. The van der Waals surface area contributed by atoms with Gasteiger partial charge in [0.2, 0.25) is 0 Å². The second kappa shape index (κ2) is 2.01. The summed E-state index contributed by atoms with van der Waals surface area (Å²) in [7, 11) is 2.32. The molecule has 1 unspecified atom stereocenters. The maximum absolute atomic E-state index is 2.65. The molecule has 1 heterocycles. The molecule has 0 aromatic heterocycles. The average Bonchev–Trinajstić information content (AvgIpc) is 2.75. The van der Waals surface area contributed by atoms with E-state index < -0.39 is 0 Å². The molecule has 0 aromatic carbocycles. The molecule has 1 spiro atoms. The number of rotatable bonds is 1. The number of nitrogens with zero attached hydrogens (tertiary/aromatic N) is 1. The quantitative estimate of drug-likeness (QED) is 0.559. The van der Waals surface area contributed by atoms with Crippen LogP contribution in [0.5, 0.6) is 0 Å². The first kappa shape index (κ1) is 7.60. The third-order valence-corrected chi connectivity index (χ3v) is 4.24. The molecule has 1 aliphatic heterocycles. The molecule has 2 fully saturated rings. The Kier molecular flexibility index (Phi) is 1.39. The molecule has 1 saturated heterocycles. The highest BCUT2D eigenvalue weighted by Crippen LogP contribution is 2.55. The molecular formula is C10H19N. The third-order valence-electron chi connectivity index (χ3n) is 4.24. The zero-order valence-electron chi connectivity index (χ0n) is 7.98. The lowest BCUT2D eigenvalue weighted by atomic mass is 9.96. The van der Waals surface area contributed by atoms with E-state index in [9.17, 15) is 0 Å². The van der Waals surface area contributed by atoms with Crippen LogP contribution in [0.2, 0.25) is 0 Å². The van der Waals surface area contributed by atoms with Gasteiger partial charge in [-0.3, -0.25) is 4.90 Å². The van der Waals surface area contributed by atoms with Crippen LogP contribution in [0.3, 0.4) is 0 Å². The van der Waals surface area contributed by atoms with Crippen molar-refractivity contribution in [1.82, 2.24) is 4.90 Å². The minimum absolute atomic E-state index is 0.524. The molecular weight excluding hydrogens is 134 g/mol. The summed E-state index contributed by atoms with van der Waals surface area (Å²) in [6.07, 6.45) is 7.09. The van der Waals surface area contributed by atoms with Crippen LogP contribution in [0.15, 0.2) is 0 Å². The maximum Gasteiger partial charge on any atom is 0.0214 e. The molecule has 2 aliphatic rings. The second-order valence-electron chi connectivity index (χ2n) is 4.63. The van der Waals surface area contributed by atoms with Gasteiger partial charge in [0.1, 0.15) is 0 Å². The Morgan fingerprint density at radius 3 is 2.00 bits per heavy atom. The van der Waals surface area contributed by atoms with Crippen LogP contribution < -0.4 is 0 Å². The highest BCUT2D eigenvalue weighted by molar-refractivity contribution is 5.13. The monoisotopic (exact) mass is 153 g/mol. The van der Waals surface area contributed by atoms with Crippen LogP contribution in [-0.2, 0) is 0 Å². The lowest BCUT2D eigenvalue weighted by molar-refractivity contribution is 0.134. The SMILES string of the molecule is CCC1(C)CCC2(CC2)N1C. The van der Waals surface area contributed by atoms with Crippen LogP contribution in [0.1, 0.15) is 46.0 Å². The van der Waals surface area contributed by atoms with Crippen molar-refractivity contribution in [1.29, 1.82) is 0 Å². The Balaban J connectivity index is 2.17. The molecule has 64 valence electrons. The zero-order chi connectivity index (χ0) is 8.11. The van der Waals surface area contributed by atoms with Crippen molar-refractivity contribution in [2.24, 2.45) is 0 Å². The van der Waals surface area contributed by atoms with Gasteiger partial charge in [0, 0.05) is 11.1 Å². The van der Waals surface area contributed by atoms with E-state index in [1.807, 2.05) is 0 Å². The summed E-state index contributed by atoms with van der Waals surface area (Å²) in [5, 5.41) is 0. The standard InChI is InChI=1S/C10H19N/c1-4-9(2)5-6-10(7-8-10)11(9)3/h4-8H2,1-3H3. The van der Waals surface area contributed by atoms with Crippen LogP contribution >= 0.6 is 0 Å². The molecule has 1 aliphatic carbocycles. The predicted molar refractivity (Wildman–Crippen MR) is 47.7 cm³/mol. The normalized spacial score (nSPS) is 41.7. The summed E-state index contributed by atoms with van der Waals surface area (Å²) in [5.74, 6) is 0. The van der Waals surface area contributed by atoms with Crippen LogP contribution in [0.25, 0.3) is 0 Å². The topological polar surface area (TPSA) is 3.24 Å². The fourth-order valence-electron chi connectivity index (χ4n) is 2.55. The highest BCUT2D eigenvalue weighted by Gasteiger charge is 2.56. The van der Waals surface area contributed by atoms with Crippen LogP contribution in [-0.4, -0.2) is 23.0 Å². The Bertz CT molecular complexity index is 172. The van der Waals surface area contributed by atoms with E-state index in [0.717, 1.165) is 0 Å². The van der Waals surface area contributed by atoms with Gasteiger partial charge in [-0.25, -0.2) is 0 Å². The largest absolute Gasteiger partial charge is 0.295 e. The van der Waals surface area contributed by atoms with Crippen molar-refractivity contribution in [3.63, 3.8) is 0 Å². The van der Waals surface area contributed by atoms with E-state index in [0.29, 0.717) is 11.1 Å². The molecule has 1 heteroatoms. The first-order valence-corrected chi connectivity index (χ1v) is 4.87. The highest BCUT2D eigenvalue weighted by atomic mass is 15.3. The summed E-state index contributed by atoms with van der Waals surface area (Å²) in [6, 6.07) is 0. The summed E-state index contributed by atoms with van der Waals surface area (Å²) in [4.78, 5) is 2.65. The van der Waals surface area contributed by atoms with Gasteiger partial charge in [-0.2, -0.15) is 0 Å². The van der Waals surface area contributed by atoms with Crippen molar-refractivity contribution >= 4 is 0 Å². The predicted octanol–water partition coefficient (Wildman–Crippen LogP) is 2.41. The van der Waals surface area contributed by atoms with Gasteiger partial charge < -0.3 is 0 Å². The van der Waals surface area contributed by atoms with Gasteiger partial charge in [0.05, 0.1) is 0 Å². The van der Waals surface area contributed by atoms with Crippen LogP contribution in [0, 0.1) is 0 Å². The van der Waals surface area contributed by atoms with Gasteiger partial charge in [-0.1, -0.05) is 6.92 Å². The molecule has 1 atom stereocenters. The van der Waals surface area contributed by atoms with Crippen molar-refractivity contribution in [2.45, 2.75) is 57.0 Å². The summed E-state index contributed by atoms with van der Waals surface area (Å²) in [5.41, 5.74) is 1.20. The van der Waals surface area contributed by atoms with E-state index in [1.54, 1.807) is 0 Å². The third kappa shape index (κ3) is 0.868. The molecule has 1 nitrogen and oxygen atoms in total. The van der Waals surface area contributed by atoms with Crippen molar-refractivity contribution in [3.05, 3.63) is 0 Å². The lowest BCUT2D eigenvalue weighted by Crippen LogP contribution is -2.42. The summed E-state index contributed by atoms with van der Waals surface area (Å²) >= 11 is 0. The van der Waals surface area contributed by atoms with Gasteiger partial charge in [0.15, 0.2) is 0 Å². The lowest BCUT2D eigenvalue weighted by Gasteiger charge is -2.34. The second-order valence-corrected chi connectivity index (χ2v) is 4.63. The summed E-state index contributed by atoms with van der Waals surface area (Å²) in [6.45, 7) is 4.73. The fourth-order valence-corrected chi connectivity index (χ4v) is 2.55. The number of hydrogen-bond donors (Lipinski definition) is 0. The molecule has 11 heavy (non-hydrogen) atoms. The van der Waals surface area contributed by atoms with E-state index in [1.165, 1.54) is 32.1 Å². The van der Waals surface area contributed by atoms with E-state index in [4.69, 9.17) is 0 Å². The number of likely N-dealkylation sites (tertiary alicyclic amines) is 1. The van der Waals surface area contributed by atoms with Gasteiger partial charge >= 0.3 is 0 Å². The Morgan fingerprint density at radius 2 is 1.73 bits per heavy atom. The maximum atomic E-state index is 2.65. The molecule has 0 aromatic rings. The number of hydrogen-bond acceptors (Lipinski definition) is 1. The molecule has 2 rings (SSSR count). The Labute approximate surface area is 69.8 Å². The van der Waals surface area contributed by atoms with Gasteiger partial charge in [-0.15, -0.1) is 0 Å².